The van der Waals surface area contributed by atoms with Crippen LogP contribution in [0.5, 0.6) is 0 Å². The van der Waals surface area contributed by atoms with Crippen molar-refractivity contribution in [1.82, 2.24) is 9.80 Å². The summed E-state index contributed by atoms with van der Waals surface area (Å²) >= 11 is 0. The van der Waals surface area contributed by atoms with E-state index in [-0.39, 0.29) is 118 Å². The molecule has 16 heteroatoms. The van der Waals surface area contributed by atoms with Gasteiger partial charge in [-0.3, -0.25) is 14.6 Å². The average molecular weight is 412 g/mol. The molecule has 0 aliphatic rings. The Kier molecular flexibility index (Phi) is 44.9. The van der Waals surface area contributed by atoms with Gasteiger partial charge in [0.05, 0.1) is 24.5 Å². The zero-order valence-corrected chi connectivity index (χ0v) is 20.9. The van der Waals surface area contributed by atoms with Crippen LogP contribution < -0.4 is 104 Å². The van der Waals surface area contributed by atoms with Crippen LogP contribution >= 0.6 is 0 Å². The molecule has 0 aliphatic heterocycles. The van der Waals surface area contributed by atoms with Gasteiger partial charge in [0.1, 0.15) is 0 Å². The summed E-state index contributed by atoms with van der Waals surface area (Å²) in [5.74, 6) is -5.82. The molecule has 0 saturated carbocycles. The Morgan fingerprint density at radius 2 is 0.846 bits per heavy atom. The molecule has 0 heterocycles. The minimum atomic E-state index is -1.52. The minimum Gasteiger partial charge on any atom is -0.549 e. The fourth-order valence-corrected chi connectivity index (χ4v) is 1.45. The molecule has 0 rings (SSSR count). The Balaban J connectivity index is -0.000000120. The van der Waals surface area contributed by atoms with E-state index in [2.05, 4.69) is 0 Å². The number of nitrogens with zero attached hydrogens (tertiary/aromatic N) is 2. The summed E-state index contributed by atoms with van der Waals surface area (Å²) < 4.78 is 0. The second-order valence-electron chi connectivity index (χ2n) is 3.93. The normalized spacial score (nSPS) is 8.23. The summed E-state index contributed by atoms with van der Waals surface area (Å²) in [5, 5.41) is 39.8. The first-order chi connectivity index (χ1) is 9.20. The Morgan fingerprint density at radius 1 is 0.615 bits per heavy atom. The first-order valence-electron chi connectivity index (χ1n) is 5.46. The molecular formula is C10H19N2Na3O11. The second-order valence-corrected chi connectivity index (χ2v) is 3.93. The van der Waals surface area contributed by atoms with Crippen molar-refractivity contribution >= 4 is 23.9 Å². The van der Waals surface area contributed by atoms with Crippen molar-refractivity contribution in [2.45, 2.75) is 0 Å². The van der Waals surface area contributed by atoms with Crippen LogP contribution in [0.15, 0.2) is 0 Å². The first-order valence-corrected chi connectivity index (χ1v) is 5.46. The van der Waals surface area contributed by atoms with Gasteiger partial charge in [-0.15, -0.1) is 0 Å². The van der Waals surface area contributed by atoms with Crippen molar-refractivity contribution in [1.29, 1.82) is 0 Å². The predicted molar refractivity (Wildman–Crippen MR) is 66.4 cm³/mol. The maximum Gasteiger partial charge on any atom is 1.00 e. The van der Waals surface area contributed by atoms with Gasteiger partial charge in [0.2, 0.25) is 0 Å². The van der Waals surface area contributed by atoms with Crippen LogP contribution in [0, 0.1) is 0 Å². The molecule has 0 saturated heterocycles. The number of carboxylic acids is 4. The van der Waals surface area contributed by atoms with Gasteiger partial charge in [-0.1, -0.05) is 0 Å². The molecule has 7 N–H and O–H groups in total. The molecule has 0 aromatic heterocycles. The van der Waals surface area contributed by atoms with Crippen LogP contribution in [0.2, 0.25) is 0 Å². The van der Waals surface area contributed by atoms with Crippen molar-refractivity contribution < 1.29 is 145 Å². The molecule has 0 bridgehead atoms. The number of carbonyl (C=O) groups excluding carboxylic acids is 3. The average Bonchev–Trinajstić information content (AvgIpc) is 2.22. The topological polar surface area (TPSA) is 259 Å². The molecular weight excluding hydrogens is 393 g/mol. The number of rotatable bonds is 11. The Morgan fingerprint density at radius 3 is 1.04 bits per heavy atom. The first kappa shape index (κ1) is 45.4. The third kappa shape index (κ3) is 29.4. The summed E-state index contributed by atoms with van der Waals surface area (Å²) in [4.78, 5) is 43.7. The molecule has 26 heavy (non-hydrogen) atoms. The third-order valence-corrected chi connectivity index (χ3v) is 2.15. The van der Waals surface area contributed by atoms with E-state index in [1.54, 1.807) is 0 Å². The van der Waals surface area contributed by atoms with Crippen molar-refractivity contribution in [2.24, 2.45) is 0 Å². The summed E-state index contributed by atoms with van der Waals surface area (Å²) in [6.07, 6.45) is 0. The molecule has 0 radical (unpaired) electrons. The van der Waals surface area contributed by atoms with Gasteiger partial charge in [-0.25, -0.2) is 0 Å². The van der Waals surface area contributed by atoms with Gasteiger partial charge >= 0.3 is 94.6 Å². The van der Waals surface area contributed by atoms with Gasteiger partial charge in [0.25, 0.3) is 0 Å². The van der Waals surface area contributed by atoms with Crippen LogP contribution in [-0.2, 0) is 19.2 Å². The van der Waals surface area contributed by atoms with Crippen LogP contribution in [0.25, 0.3) is 0 Å². The van der Waals surface area contributed by atoms with Gasteiger partial charge < -0.3 is 51.2 Å². The molecule has 0 spiro atoms. The maximum absolute atomic E-state index is 10.5. The van der Waals surface area contributed by atoms with Crippen molar-refractivity contribution in [3.05, 3.63) is 0 Å². The fraction of sp³-hybridized carbons (Fsp3) is 0.600. The molecule has 13 nitrogen and oxygen atoms in total. The predicted octanol–water partition coefficient (Wildman–Crippen LogP) is -17.5. The van der Waals surface area contributed by atoms with Gasteiger partial charge in [0, 0.05) is 32.7 Å². The van der Waals surface area contributed by atoms with Crippen LogP contribution in [0.4, 0.5) is 0 Å². The summed E-state index contributed by atoms with van der Waals surface area (Å²) in [6.45, 7) is -3.00. The molecule has 0 aliphatic carbocycles. The van der Waals surface area contributed by atoms with E-state index in [0.29, 0.717) is 0 Å². The Bertz CT molecular complexity index is 332. The number of hydrogen-bond acceptors (Lipinski definition) is 9. The summed E-state index contributed by atoms with van der Waals surface area (Å²) in [5.41, 5.74) is 0. The SMILES string of the molecule is O.O.O.O=C([O-])CN(CCN(CC(=O)[O-])CC(=O)O)CC(=O)[O-].[Na+].[Na+].[Na+]. The Hall–Kier alpha value is 0.680. The van der Waals surface area contributed by atoms with Crippen molar-refractivity contribution in [3.8, 4) is 0 Å². The molecule has 0 amide bonds. The van der Waals surface area contributed by atoms with E-state index in [9.17, 15) is 34.5 Å². The molecule has 0 aromatic rings. The van der Waals surface area contributed by atoms with E-state index < -0.39 is 50.1 Å². The van der Waals surface area contributed by atoms with E-state index in [1.807, 2.05) is 0 Å². The number of carbonyl (C=O) groups is 4. The smallest absolute Gasteiger partial charge is 0.549 e. The van der Waals surface area contributed by atoms with Crippen LogP contribution in [0.3, 0.4) is 0 Å². The molecule has 0 aromatic carbocycles. The monoisotopic (exact) mass is 412 g/mol. The van der Waals surface area contributed by atoms with Gasteiger partial charge in [-0.05, 0) is 0 Å². The summed E-state index contributed by atoms with van der Waals surface area (Å²) in [6, 6.07) is 0. The Labute approximate surface area is 215 Å². The third-order valence-electron chi connectivity index (χ3n) is 2.15. The second kappa shape index (κ2) is 25.7. The molecule has 0 atom stereocenters. The van der Waals surface area contributed by atoms with Gasteiger partial charge in [0.15, 0.2) is 0 Å². The van der Waals surface area contributed by atoms with E-state index in [0.717, 1.165) is 9.80 Å². The van der Waals surface area contributed by atoms with Crippen molar-refractivity contribution in [2.75, 3.05) is 39.3 Å². The molecule has 138 valence electrons. The molecule has 0 fully saturated rings. The van der Waals surface area contributed by atoms with E-state index in [1.165, 1.54) is 0 Å². The number of hydrogen-bond donors (Lipinski definition) is 1. The summed E-state index contributed by atoms with van der Waals surface area (Å²) in [7, 11) is 0. The molecule has 0 unspecified atom stereocenters. The van der Waals surface area contributed by atoms with E-state index in [4.69, 9.17) is 5.11 Å². The quantitative estimate of drug-likeness (QED) is 0.313. The standard InChI is InChI=1S/C10H16N2O8.3Na.3H2O/c13-7(14)3-11(4-8(15)16)1-2-12(5-9(17)18)6-10(19)20;;;;;;/h1-6H2,(H,13,14)(H,15,16)(H,17,18)(H,19,20);;;;3*1H2/q;3*+1;;;/p-3. The van der Waals surface area contributed by atoms with Crippen LogP contribution in [-0.4, -0.2) is 94.5 Å². The zero-order valence-electron chi connectivity index (χ0n) is 14.9. The van der Waals surface area contributed by atoms with Crippen LogP contribution in [0.1, 0.15) is 0 Å². The zero-order chi connectivity index (χ0) is 15.7. The minimum absolute atomic E-state index is 0. The van der Waals surface area contributed by atoms with Gasteiger partial charge in [-0.2, -0.15) is 0 Å². The largest absolute Gasteiger partial charge is 1.00 e. The van der Waals surface area contributed by atoms with E-state index >= 15 is 0 Å². The number of aliphatic carboxylic acids is 4. The van der Waals surface area contributed by atoms with Crippen molar-refractivity contribution in [3.63, 3.8) is 0 Å². The maximum atomic E-state index is 10.5. The fourth-order valence-electron chi connectivity index (χ4n) is 1.45. The number of carboxylic acid groups (broad SMARTS) is 4.